The predicted octanol–water partition coefficient (Wildman–Crippen LogP) is 4.61. The number of hydrogen-bond donors (Lipinski definition) is 3. The summed E-state index contributed by atoms with van der Waals surface area (Å²) in [4.78, 5) is 43.1. The normalized spacial score (nSPS) is 19.8. The highest BCUT2D eigenvalue weighted by atomic mass is 79.9. The number of halogens is 1. The lowest BCUT2D eigenvalue weighted by Crippen LogP contribution is -2.66. The third kappa shape index (κ3) is 8.75. The average molecular weight is 746 g/mol. The van der Waals surface area contributed by atoms with Gasteiger partial charge in [0.1, 0.15) is 24.7 Å². The van der Waals surface area contributed by atoms with Crippen molar-refractivity contribution in [2.75, 3.05) is 32.9 Å². The number of primary amides is 1. The van der Waals surface area contributed by atoms with Gasteiger partial charge in [0.05, 0.1) is 11.6 Å². The van der Waals surface area contributed by atoms with Crippen LogP contribution in [0.4, 0.5) is 0 Å². The molecule has 2 aliphatic heterocycles. The Morgan fingerprint density at radius 1 is 0.940 bits per heavy atom. The molecule has 3 aliphatic rings. The van der Waals surface area contributed by atoms with E-state index in [0.29, 0.717) is 63.4 Å². The summed E-state index contributed by atoms with van der Waals surface area (Å²) in [5, 5.41) is 13.4. The van der Waals surface area contributed by atoms with E-state index in [0.717, 1.165) is 39.8 Å². The highest BCUT2D eigenvalue weighted by molar-refractivity contribution is 9.10. The van der Waals surface area contributed by atoms with Gasteiger partial charge < -0.3 is 30.1 Å². The second kappa shape index (κ2) is 16.2. The first-order valence-corrected chi connectivity index (χ1v) is 18.2. The SMILES string of the molecule is NC(=O)CCCC(=O)N1CC2NC(c3ccc(OCCOc4ccc(Br)cc4)cc3)(CC=C2C(=O)N(Cc2ccccc2CCO)C2CC2)C1. The zero-order valence-electron chi connectivity index (χ0n) is 28.2. The molecule has 2 atom stereocenters. The lowest BCUT2D eigenvalue weighted by atomic mass is 9.77. The number of benzene rings is 3. The Balaban J connectivity index is 1.19. The third-order valence-electron chi connectivity index (χ3n) is 9.70. The Labute approximate surface area is 301 Å². The molecule has 2 unspecified atom stereocenters. The Bertz CT molecular complexity index is 1690. The molecule has 3 aromatic rings. The van der Waals surface area contributed by atoms with E-state index in [1.54, 1.807) is 0 Å². The molecule has 50 heavy (non-hydrogen) atoms. The fourth-order valence-corrected chi connectivity index (χ4v) is 7.22. The van der Waals surface area contributed by atoms with Gasteiger partial charge in [-0.15, -0.1) is 0 Å². The van der Waals surface area contributed by atoms with Crippen LogP contribution in [0.15, 0.2) is 88.9 Å². The van der Waals surface area contributed by atoms with Crippen LogP contribution < -0.4 is 20.5 Å². The van der Waals surface area contributed by atoms with Crippen molar-refractivity contribution in [3.8, 4) is 11.5 Å². The van der Waals surface area contributed by atoms with Crippen LogP contribution in [0.25, 0.3) is 0 Å². The van der Waals surface area contributed by atoms with E-state index >= 15 is 0 Å². The van der Waals surface area contributed by atoms with Crippen molar-refractivity contribution in [1.82, 2.24) is 15.1 Å². The van der Waals surface area contributed by atoms with Gasteiger partial charge in [-0.3, -0.25) is 19.7 Å². The first-order chi connectivity index (χ1) is 24.2. The molecule has 0 radical (unpaired) electrons. The second-order valence-corrected chi connectivity index (χ2v) is 14.2. The minimum atomic E-state index is -0.604. The van der Waals surface area contributed by atoms with Crippen molar-refractivity contribution in [3.05, 3.63) is 106 Å². The minimum absolute atomic E-state index is 0.0190. The topological polar surface area (TPSA) is 134 Å². The number of hydrogen-bond acceptors (Lipinski definition) is 7. The number of fused-ring (bicyclic) bond motifs is 2. The van der Waals surface area contributed by atoms with Crippen molar-refractivity contribution in [2.24, 2.45) is 5.73 Å². The van der Waals surface area contributed by atoms with Gasteiger partial charge in [0.15, 0.2) is 0 Å². The molecule has 2 bridgehead atoms. The monoisotopic (exact) mass is 744 g/mol. The fraction of sp³-hybridized carbons (Fsp3) is 0.410. The quantitative estimate of drug-likeness (QED) is 0.183. The molecule has 3 aromatic carbocycles. The molecule has 0 aromatic heterocycles. The lowest BCUT2D eigenvalue weighted by Gasteiger charge is -2.51. The van der Waals surface area contributed by atoms with Gasteiger partial charge in [0.25, 0.3) is 5.91 Å². The second-order valence-electron chi connectivity index (χ2n) is 13.3. The Morgan fingerprint density at radius 3 is 2.24 bits per heavy atom. The molecule has 2 heterocycles. The maximum atomic E-state index is 14.4. The number of nitrogens with zero attached hydrogens (tertiary/aromatic N) is 2. The number of aliphatic hydroxyl groups is 1. The molecule has 1 saturated carbocycles. The summed E-state index contributed by atoms with van der Waals surface area (Å²) in [6.07, 6.45) is 5.79. The van der Waals surface area contributed by atoms with Crippen LogP contribution >= 0.6 is 15.9 Å². The Hall–Kier alpha value is -4.19. The van der Waals surface area contributed by atoms with Crippen LogP contribution in [0, 0.1) is 0 Å². The van der Waals surface area contributed by atoms with Gasteiger partial charge in [0.2, 0.25) is 11.8 Å². The van der Waals surface area contributed by atoms with Crippen LogP contribution in [-0.2, 0) is 32.9 Å². The largest absolute Gasteiger partial charge is 0.490 e. The summed E-state index contributed by atoms with van der Waals surface area (Å²) in [5.74, 6) is 0.978. The molecular weight excluding hydrogens is 700 g/mol. The van der Waals surface area contributed by atoms with Crippen molar-refractivity contribution in [2.45, 2.75) is 69.1 Å². The summed E-state index contributed by atoms with van der Waals surface area (Å²) in [6, 6.07) is 23.3. The molecular formula is C39H45BrN4O6. The van der Waals surface area contributed by atoms with Crippen LogP contribution in [0.1, 0.15) is 55.2 Å². The van der Waals surface area contributed by atoms with Gasteiger partial charge in [-0.1, -0.05) is 58.4 Å². The lowest BCUT2D eigenvalue weighted by molar-refractivity contribution is -0.136. The van der Waals surface area contributed by atoms with E-state index in [1.807, 2.05) is 82.6 Å². The number of aliphatic hydroxyl groups excluding tert-OH is 1. The van der Waals surface area contributed by atoms with Gasteiger partial charge in [-0.25, -0.2) is 0 Å². The van der Waals surface area contributed by atoms with Gasteiger partial charge >= 0.3 is 0 Å². The molecule has 0 spiro atoms. The number of carbonyl (C=O) groups excluding carboxylic acids is 3. The van der Waals surface area contributed by atoms with Crippen molar-refractivity contribution < 1.29 is 29.0 Å². The summed E-state index contributed by atoms with van der Waals surface area (Å²) >= 11 is 3.43. The first kappa shape index (κ1) is 35.6. The number of piperazine rings is 1. The summed E-state index contributed by atoms with van der Waals surface area (Å²) in [7, 11) is 0. The molecule has 264 valence electrons. The number of amides is 3. The van der Waals surface area contributed by atoms with E-state index in [-0.39, 0.29) is 43.3 Å². The molecule has 3 amide bonds. The van der Waals surface area contributed by atoms with Crippen molar-refractivity contribution in [1.29, 1.82) is 0 Å². The van der Waals surface area contributed by atoms with Crippen LogP contribution in [0.2, 0.25) is 0 Å². The van der Waals surface area contributed by atoms with Gasteiger partial charge in [0, 0.05) is 55.2 Å². The molecule has 4 N–H and O–H groups in total. The Kier molecular flexibility index (Phi) is 11.6. The number of rotatable bonds is 16. The van der Waals surface area contributed by atoms with E-state index in [2.05, 4.69) is 27.3 Å². The van der Waals surface area contributed by atoms with E-state index in [4.69, 9.17) is 15.2 Å². The van der Waals surface area contributed by atoms with E-state index < -0.39 is 11.4 Å². The standard InChI is InChI=1S/C39H45BrN4O6/c40-30-10-16-33(17-11-30)50-23-22-49-32-14-8-29(9-15-32)39-20-18-34(35(42-39)25-43(26-39)37(47)7-3-6-36(41)46)38(48)44(31-12-13-31)24-28-5-2-1-4-27(28)19-21-45/h1-2,4-5,8-11,14-18,31,35,42,45H,3,6-7,12-13,19-26H2,(H2,41,46). The number of nitrogens with one attached hydrogen (secondary N) is 1. The molecule has 2 fully saturated rings. The van der Waals surface area contributed by atoms with Gasteiger partial charge in [-0.2, -0.15) is 0 Å². The summed E-state index contributed by atoms with van der Waals surface area (Å²) in [5.41, 5.74) is 8.49. The average Bonchev–Trinajstić information content (AvgIpc) is 3.96. The van der Waals surface area contributed by atoms with Crippen molar-refractivity contribution in [3.63, 3.8) is 0 Å². The first-order valence-electron chi connectivity index (χ1n) is 17.4. The predicted molar refractivity (Wildman–Crippen MR) is 193 cm³/mol. The maximum Gasteiger partial charge on any atom is 0.251 e. The smallest absolute Gasteiger partial charge is 0.251 e. The number of carbonyl (C=O) groups is 3. The third-order valence-corrected chi connectivity index (χ3v) is 10.2. The highest BCUT2D eigenvalue weighted by Crippen LogP contribution is 2.39. The Morgan fingerprint density at radius 2 is 1.60 bits per heavy atom. The molecule has 1 aliphatic carbocycles. The molecule has 6 rings (SSSR count). The van der Waals surface area contributed by atoms with Crippen LogP contribution in [0.3, 0.4) is 0 Å². The van der Waals surface area contributed by atoms with E-state index in [9.17, 15) is 19.5 Å². The fourth-order valence-electron chi connectivity index (χ4n) is 6.95. The van der Waals surface area contributed by atoms with E-state index in [1.165, 1.54) is 0 Å². The number of nitrogens with two attached hydrogens (primary N) is 1. The molecule has 10 nitrogen and oxygen atoms in total. The number of ether oxygens (including phenoxy) is 2. The zero-order chi connectivity index (χ0) is 35.1. The summed E-state index contributed by atoms with van der Waals surface area (Å²) in [6.45, 7) is 2.08. The highest BCUT2D eigenvalue weighted by Gasteiger charge is 2.47. The molecule has 1 saturated heterocycles. The van der Waals surface area contributed by atoms with Gasteiger partial charge in [-0.05, 0) is 85.2 Å². The summed E-state index contributed by atoms with van der Waals surface area (Å²) < 4.78 is 12.7. The van der Waals surface area contributed by atoms with Crippen LogP contribution in [-0.4, -0.2) is 77.6 Å². The van der Waals surface area contributed by atoms with Crippen molar-refractivity contribution >= 4 is 33.7 Å². The maximum absolute atomic E-state index is 14.4. The zero-order valence-corrected chi connectivity index (χ0v) is 29.8. The minimum Gasteiger partial charge on any atom is -0.490 e. The van der Waals surface area contributed by atoms with Crippen LogP contribution in [0.5, 0.6) is 11.5 Å². The molecule has 11 heteroatoms.